The number of fused-ring (bicyclic) bond motifs is 1. The van der Waals surface area contributed by atoms with Gasteiger partial charge in [-0.2, -0.15) is 5.10 Å². The Morgan fingerprint density at radius 1 is 1.16 bits per heavy atom. The lowest BCUT2D eigenvalue weighted by atomic mass is 9.97. The van der Waals surface area contributed by atoms with Crippen molar-refractivity contribution >= 4 is 22.8 Å². The number of esters is 1. The molecule has 0 radical (unpaired) electrons. The highest BCUT2D eigenvalue weighted by Crippen LogP contribution is 2.19. The Morgan fingerprint density at radius 2 is 1.90 bits per heavy atom. The van der Waals surface area contributed by atoms with Crippen molar-refractivity contribution < 1.29 is 14.3 Å². The lowest BCUT2D eigenvalue weighted by Gasteiger charge is -2.20. The summed E-state index contributed by atoms with van der Waals surface area (Å²) < 4.78 is 7.43. The van der Waals surface area contributed by atoms with Crippen molar-refractivity contribution in [2.75, 3.05) is 6.54 Å². The van der Waals surface area contributed by atoms with Gasteiger partial charge in [-0.25, -0.2) is 0 Å². The van der Waals surface area contributed by atoms with Crippen molar-refractivity contribution in [2.24, 2.45) is 5.41 Å². The molecule has 2 aromatic carbocycles. The minimum atomic E-state index is -0.548. The van der Waals surface area contributed by atoms with Crippen LogP contribution in [0.25, 0.3) is 10.9 Å². The zero-order chi connectivity index (χ0) is 22.0. The van der Waals surface area contributed by atoms with E-state index in [1.807, 2.05) is 80.2 Å². The number of nitrogens with zero attached hydrogens (tertiary/aromatic N) is 2. The van der Waals surface area contributed by atoms with Gasteiger partial charge in [-0.05, 0) is 44.5 Å². The molecule has 1 aromatic heterocycles. The van der Waals surface area contributed by atoms with Crippen molar-refractivity contribution in [3.05, 3.63) is 65.9 Å². The van der Waals surface area contributed by atoms with Crippen molar-refractivity contribution in [3.8, 4) is 0 Å². The molecule has 162 valence electrons. The number of amides is 1. The maximum Gasteiger partial charge on any atom is 0.312 e. The van der Waals surface area contributed by atoms with E-state index in [0.29, 0.717) is 25.1 Å². The predicted octanol–water partition coefficient (Wildman–Crippen LogP) is 3.09. The molecule has 7 nitrogen and oxygen atoms in total. The van der Waals surface area contributed by atoms with Crippen LogP contribution >= 0.6 is 0 Å². The van der Waals surface area contributed by atoms with Crippen LogP contribution < -0.4 is 10.6 Å². The lowest BCUT2D eigenvalue weighted by Crippen LogP contribution is -2.36. The van der Waals surface area contributed by atoms with Gasteiger partial charge in [-0.3, -0.25) is 19.6 Å². The van der Waals surface area contributed by atoms with Gasteiger partial charge in [0.15, 0.2) is 6.23 Å². The molecular weight excluding hydrogens is 392 g/mol. The highest BCUT2D eigenvalue weighted by Gasteiger charge is 2.32. The smallest absolute Gasteiger partial charge is 0.312 e. The molecule has 0 aliphatic carbocycles. The van der Waals surface area contributed by atoms with Gasteiger partial charge in [0.05, 0.1) is 23.7 Å². The Kier molecular flexibility index (Phi) is 5.78. The Hall–Kier alpha value is -3.19. The third kappa shape index (κ3) is 4.94. The van der Waals surface area contributed by atoms with E-state index in [-0.39, 0.29) is 24.1 Å². The number of nitrogens with one attached hydrogen (secondary N) is 2. The van der Waals surface area contributed by atoms with E-state index in [1.54, 1.807) is 0 Å². The number of para-hydroxylation sites is 1. The normalized spacial score (nSPS) is 18.8. The van der Waals surface area contributed by atoms with Gasteiger partial charge >= 0.3 is 5.97 Å². The van der Waals surface area contributed by atoms with Gasteiger partial charge in [0.1, 0.15) is 0 Å². The molecule has 2 heterocycles. The number of hydrogen-bond acceptors (Lipinski definition) is 5. The summed E-state index contributed by atoms with van der Waals surface area (Å²) in [6, 6.07) is 15.6. The van der Waals surface area contributed by atoms with Gasteiger partial charge in [0.25, 0.3) is 5.91 Å². The molecule has 3 aromatic rings. The van der Waals surface area contributed by atoms with Gasteiger partial charge in [-0.1, -0.05) is 30.3 Å². The summed E-state index contributed by atoms with van der Waals surface area (Å²) in [5, 5.41) is 11.7. The highest BCUT2D eigenvalue weighted by atomic mass is 16.6. The Labute approximate surface area is 181 Å². The number of carbonyl (C=O) groups excluding carboxylic acids is 2. The van der Waals surface area contributed by atoms with Crippen LogP contribution in [0.4, 0.5) is 0 Å². The van der Waals surface area contributed by atoms with Crippen LogP contribution in [-0.2, 0) is 16.1 Å². The molecule has 1 aliphatic rings. The molecule has 1 fully saturated rings. The van der Waals surface area contributed by atoms with Crippen LogP contribution in [0.3, 0.4) is 0 Å². The van der Waals surface area contributed by atoms with E-state index < -0.39 is 5.41 Å². The Bertz CT molecular complexity index is 1080. The molecule has 0 saturated carbocycles. The number of benzene rings is 2. The van der Waals surface area contributed by atoms with E-state index in [2.05, 4.69) is 15.7 Å². The molecule has 1 unspecified atom stereocenters. The summed E-state index contributed by atoms with van der Waals surface area (Å²) in [6.45, 7) is 6.67. The molecule has 2 N–H and O–H groups in total. The average molecular weight is 421 g/mol. The number of rotatable bonds is 5. The van der Waals surface area contributed by atoms with Crippen molar-refractivity contribution in [1.82, 2.24) is 20.4 Å². The fourth-order valence-electron chi connectivity index (χ4n) is 3.56. The van der Waals surface area contributed by atoms with E-state index in [4.69, 9.17) is 4.74 Å². The highest BCUT2D eigenvalue weighted by molar-refractivity contribution is 5.94. The molecule has 0 spiro atoms. The number of hydrogen-bond donors (Lipinski definition) is 2. The first-order chi connectivity index (χ1) is 14.8. The first kappa shape index (κ1) is 21.1. The van der Waals surface area contributed by atoms with Gasteiger partial charge in [0.2, 0.25) is 0 Å². The monoisotopic (exact) mass is 420 g/mol. The molecule has 7 heteroatoms. The zero-order valence-corrected chi connectivity index (χ0v) is 18.1. The lowest BCUT2D eigenvalue weighted by molar-refractivity contribution is -0.159. The Morgan fingerprint density at radius 3 is 2.65 bits per heavy atom. The van der Waals surface area contributed by atoms with Gasteiger partial charge in [-0.15, -0.1) is 0 Å². The van der Waals surface area contributed by atoms with Crippen LogP contribution in [0.1, 0.15) is 43.1 Å². The van der Waals surface area contributed by atoms with E-state index in [0.717, 1.165) is 16.5 Å². The summed E-state index contributed by atoms with van der Waals surface area (Å²) in [5.41, 5.74) is 2.21. The molecule has 4 rings (SSSR count). The summed E-state index contributed by atoms with van der Waals surface area (Å²) >= 11 is 0. The SMILES string of the molecule is CC(C)(C)C(=O)OC1C[C@@H](NC(=O)c2ccc(Cn3ncc4ccccc43)cc2)CN1. The second-order valence-electron chi connectivity index (χ2n) is 9.02. The molecule has 2 atom stereocenters. The van der Waals surface area contributed by atoms with Crippen LogP contribution in [0.15, 0.2) is 54.7 Å². The van der Waals surface area contributed by atoms with Crippen LogP contribution in [-0.4, -0.2) is 40.5 Å². The van der Waals surface area contributed by atoms with Crippen molar-refractivity contribution in [2.45, 2.75) is 46.0 Å². The van der Waals surface area contributed by atoms with Crippen LogP contribution in [0.2, 0.25) is 0 Å². The van der Waals surface area contributed by atoms with E-state index in [9.17, 15) is 9.59 Å². The van der Waals surface area contributed by atoms with Crippen LogP contribution in [0.5, 0.6) is 0 Å². The summed E-state index contributed by atoms with van der Waals surface area (Å²) in [5.74, 6) is -0.386. The van der Waals surface area contributed by atoms with E-state index in [1.165, 1.54) is 0 Å². The van der Waals surface area contributed by atoms with Gasteiger partial charge in [0, 0.05) is 30.0 Å². The van der Waals surface area contributed by atoms with Crippen LogP contribution in [0, 0.1) is 5.41 Å². The first-order valence-corrected chi connectivity index (χ1v) is 10.5. The quantitative estimate of drug-likeness (QED) is 0.620. The third-order valence-electron chi connectivity index (χ3n) is 5.39. The topological polar surface area (TPSA) is 85.2 Å². The molecule has 0 bridgehead atoms. The Balaban J connectivity index is 1.32. The largest absolute Gasteiger partial charge is 0.446 e. The summed E-state index contributed by atoms with van der Waals surface area (Å²) in [6.07, 6.45) is 2.04. The molecule has 1 aliphatic heterocycles. The first-order valence-electron chi connectivity index (χ1n) is 10.5. The van der Waals surface area contributed by atoms with Crippen molar-refractivity contribution in [3.63, 3.8) is 0 Å². The second kappa shape index (κ2) is 8.51. The summed E-state index contributed by atoms with van der Waals surface area (Å²) in [4.78, 5) is 24.7. The minimum absolute atomic E-state index is 0.0830. The minimum Gasteiger partial charge on any atom is -0.446 e. The predicted molar refractivity (Wildman–Crippen MR) is 118 cm³/mol. The van der Waals surface area contributed by atoms with Gasteiger partial charge < -0.3 is 10.1 Å². The second-order valence-corrected chi connectivity index (χ2v) is 9.02. The average Bonchev–Trinajstić information content (AvgIpc) is 3.35. The number of carbonyl (C=O) groups is 2. The molecule has 31 heavy (non-hydrogen) atoms. The maximum absolute atomic E-state index is 12.6. The number of ether oxygens (including phenoxy) is 1. The zero-order valence-electron chi connectivity index (χ0n) is 18.1. The fourth-order valence-corrected chi connectivity index (χ4v) is 3.56. The third-order valence-corrected chi connectivity index (χ3v) is 5.39. The standard InChI is InChI=1S/C24H28N4O3/c1-24(2,3)23(30)31-21-12-19(14-25-21)27-22(29)17-10-8-16(9-11-17)15-28-20-7-5-4-6-18(20)13-26-28/h4-11,13,19,21,25H,12,14-15H2,1-3H3,(H,27,29)/t19-,21?/m1/s1. The molecule has 1 saturated heterocycles. The van der Waals surface area contributed by atoms with Crippen molar-refractivity contribution in [1.29, 1.82) is 0 Å². The number of aromatic nitrogens is 2. The molecular formula is C24H28N4O3. The summed E-state index contributed by atoms with van der Waals surface area (Å²) in [7, 11) is 0. The maximum atomic E-state index is 12.6. The molecule has 1 amide bonds. The van der Waals surface area contributed by atoms with E-state index >= 15 is 0 Å². The fraction of sp³-hybridized carbons (Fsp3) is 0.375.